The van der Waals surface area contributed by atoms with Gasteiger partial charge >= 0.3 is 6.09 Å². The number of halogens is 1. The maximum absolute atomic E-state index is 13.1. The number of carbonyl (C=O) groups is 1. The maximum atomic E-state index is 13.1. The zero-order valence-corrected chi connectivity index (χ0v) is 13.5. The molecule has 1 amide bonds. The fraction of sp³-hybridized carbons (Fsp3) is 0.222. The van der Waals surface area contributed by atoms with Crippen LogP contribution in [0.1, 0.15) is 0 Å². The summed E-state index contributed by atoms with van der Waals surface area (Å²) in [6.45, 7) is 2.27. The molecule has 1 aliphatic rings. The second kappa shape index (κ2) is 6.08. The van der Waals surface area contributed by atoms with Crippen molar-refractivity contribution in [2.75, 3.05) is 31.1 Å². The van der Waals surface area contributed by atoms with Gasteiger partial charge in [-0.2, -0.15) is 5.10 Å². The molecule has 0 aliphatic carbocycles. The van der Waals surface area contributed by atoms with Gasteiger partial charge in [0.15, 0.2) is 0 Å². The lowest BCUT2D eigenvalue weighted by Gasteiger charge is -2.33. The molecule has 1 fully saturated rings. The van der Waals surface area contributed by atoms with Gasteiger partial charge < -0.3 is 14.9 Å². The van der Waals surface area contributed by atoms with E-state index in [1.54, 1.807) is 22.8 Å². The Morgan fingerprint density at radius 2 is 1.68 bits per heavy atom. The van der Waals surface area contributed by atoms with Crippen molar-refractivity contribution in [3.63, 3.8) is 0 Å². The predicted octanol–water partition coefficient (Wildman–Crippen LogP) is 2.94. The van der Waals surface area contributed by atoms with Gasteiger partial charge in [-0.05, 0) is 23.8 Å². The molecule has 1 aliphatic heterocycles. The summed E-state index contributed by atoms with van der Waals surface area (Å²) < 4.78 is 14.9. The van der Waals surface area contributed by atoms with Gasteiger partial charge in [0.1, 0.15) is 5.82 Å². The molecule has 4 rings (SSSR count). The van der Waals surface area contributed by atoms with Crippen molar-refractivity contribution in [1.29, 1.82) is 0 Å². The van der Waals surface area contributed by atoms with E-state index >= 15 is 0 Å². The molecule has 2 aromatic heterocycles. The van der Waals surface area contributed by atoms with Crippen LogP contribution in [0.2, 0.25) is 0 Å². The van der Waals surface area contributed by atoms with Crippen LogP contribution in [0, 0.1) is 5.82 Å². The van der Waals surface area contributed by atoms with Crippen molar-refractivity contribution in [2.45, 2.75) is 0 Å². The Bertz CT molecular complexity index is 914. The van der Waals surface area contributed by atoms with Crippen molar-refractivity contribution in [3.05, 3.63) is 54.6 Å². The number of amides is 1. The van der Waals surface area contributed by atoms with E-state index in [-0.39, 0.29) is 5.82 Å². The minimum Gasteiger partial charge on any atom is -0.465 e. The van der Waals surface area contributed by atoms with Crippen LogP contribution in [0.3, 0.4) is 0 Å². The summed E-state index contributed by atoms with van der Waals surface area (Å²) in [5.74, 6) is -0.258. The third-order valence-electron chi connectivity index (χ3n) is 4.56. The van der Waals surface area contributed by atoms with Crippen molar-refractivity contribution < 1.29 is 14.3 Å². The Kier molecular flexibility index (Phi) is 3.76. The van der Waals surface area contributed by atoms with E-state index in [2.05, 4.69) is 10.00 Å². The Balaban J connectivity index is 1.60. The van der Waals surface area contributed by atoms with Gasteiger partial charge in [-0.1, -0.05) is 18.2 Å². The van der Waals surface area contributed by atoms with Crippen LogP contribution in [0.15, 0.2) is 48.8 Å². The molecule has 0 bridgehead atoms. The average molecular weight is 340 g/mol. The highest BCUT2D eigenvalue weighted by molar-refractivity contribution is 5.76. The van der Waals surface area contributed by atoms with Crippen LogP contribution in [-0.4, -0.2) is 51.9 Å². The Labute approximate surface area is 143 Å². The van der Waals surface area contributed by atoms with E-state index in [9.17, 15) is 9.18 Å². The van der Waals surface area contributed by atoms with Gasteiger partial charge in [0, 0.05) is 37.9 Å². The zero-order valence-electron chi connectivity index (χ0n) is 13.5. The van der Waals surface area contributed by atoms with E-state index in [4.69, 9.17) is 5.11 Å². The van der Waals surface area contributed by atoms with E-state index in [0.29, 0.717) is 26.2 Å². The minimum absolute atomic E-state index is 0.258. The maximum Gasteiger partial charge on any atom is 0.407 e. The van der Waals surface area contributed by atoms with Crippen LogP contribution in [0.4, 0.5) is 14.9 Å². The van der Waals surface area contributed by atoms with Gasteiger partial charge in [-0.3, -0.25) is 0 Å². The van der Waals surface area contributed by atoms with Crippen molar-refractivity contribution in [1.82, 2.24) is 14.5 Å². The highest BCUT2D eigenvalue weighted by Gasteiger charge is 2.22. The normalized spacial score (nSPS) is 14.9. The highest BCUT2D eigenvalue weighted by atomic mass is 19.1. The lowest BCUT2D eigenvalue weighted by atomic mass is 10.1. The van der Waals surface area contributed by atoms with Gasteiger partial charge in [-0.25, -0.2) is 13.7 Å². The summed E-state index contributed by atoms with van der Waals surface area (Å²) >= 11 is 0. The first-order valence-corrected chi connectivity index (χ1v) is 8.08. The largest absolute Gasteiger partial charge is 0.465 e. The number of aromatic nitrogens is 2. The number of anilines is 1. The Morgan fingerprint density at radius 1 is 1.00 bits per heavy atom. The summed E-state index contributed by atoms with van der Waals surface area (Å²) in [4.78, 5) is 14.6. The van der Waals surface area contributed by atoms with Crippen LogP contribution >= 0.6 is 0 Å². The summed E-state index contributed by atoms with van der Waals surface area (Å²) in [5, 5.41) is 13.5. The fourth-order valence-electron chi connectivity index (χ4n) is 3.17. The first-order valence-electron chi connectivity index (χ1n) is 8.08. The van der Waals surface area contributed by atoms with Crippen LogP contribution in [0.25, 0.3) is 16.6 Å². The minimum atomic E-state index is -0.872. The zero-order chi connectivity index (χ0) is 17.4. The van der Waals surface area contributed by atoms with Crippen LogP contribution < -0.4 is 4.90 Å². The second-order valence-electron chi connectivity index (χ2n) is 6.04. The molecule has 128 valence electrons. The predicted molar refractivity (Wildman–Crippen MR) is 92.4 cm³/mol. The van der Waals surface area contributed by atoms with E-state index in [1.165, 1.54) is 17.0 Å². The Hall–Kier alpha value is -3.09. The van der Waals surface area contributed by atoms with Crippen LogP contribution in [-0.2, 0) is 0 Å². The topological polar surface area (TPSA) is 61.1 Å². The number of fused-ring (bicyclic) bond motifs is 1. The van der Waals surface area contributed by atoms with Crippen molar-refractivity contribution in [3.8, 4) is 11.1 Å². The number of benzene rings is 1. The van der Waals surface area contributed by atoms with Gasteiger partial charge in [0.25, 0.3) is 0 Å². The van der Waals surface area contributed by atoms with Crippen molar-refractivity contribution in [2.24, 2.45) is 0 Å². The number of hydrogen-bond acceptors (Lipinski definition) is 3. The molecule has 25 heavy (non-hydrogen) atoms. The molecule has 1 N–H and O–H groups in total. The summed E-state index contributed by atoms with van der Waals surface area (Å²) in [7, 11) is 0. The number of carboxylic acid groups (broad SMARTS) is 1. The molecule has 3 aromatic rings. The molecule has 0 spiro atoms. The molecule has 7 heteroatoms. The second-order valence-corrected chi connectivity index (χ2v) is 6.04. The van der Waals surface area contributed by atoms with E-state index < -0.39 is 6.09 Å². The lowest BCUT2D eigenvalue weighted by Crippen LogP contribution is -2.48. The van der Waals surface area contributed by atoms with Gasteiger partial charge in [0.05, 0.1) is 17.4 Å². The molecular formula is C18H17FN4O2. The monoisotopic (exact) mass is 340 g/mol. The standard InChI is InChI=1S/C18H17FN4O2/c19-15-4-1-13(2-5-15)14-3-6-16-17(11-20-23(16)12-14)21-7-9-22(10-8-21)18(24)25/h1-6,11-12H,7-10H2,(H,24,25). The Morgan fingerprint density at radius 3 is 2.36 bits per heavy atom. The molecule has 1 saturated heterocycles. The summed E-state index contributed by atoms with van der Waals surface area (Å²) in [6.07, 6.45) is 2.85. The average Bonchev–Trinajstić information content (AvgIpc) is 3.05. The van der Waals surface area contributed by atoms with Crippen LogP contribution in [0.5, 0.6) is 0 Å². The molecule has 0 saturated carbocycles. The molecule has 0 unspecified atom stereocenters. The smallest absolute Gasteiger partial charge is 0.407 e. The SMILES string of the molecule is O=C(O)N1CCN(c2cnn3cc(-c4ccc(F)cc4)ccc23)CC1. The number of pyridine rings is 1. The molecular weight excluding hydrogens is 323 g/mol. The molecule has 0 radical (unpaired) electrons. The first kappa shape index (κ1) is 15.4. The quantitative estimate of drug-likeness (QED) is 0.779. The number of piperazine rings is 1. The third-order valence-corrected chi connectivity index (χ3v) is 4.56. The third kappa shape index (κ3) is 2.88. The first-order chi connectivity index (χ1) is 12.1. The summed E-state index contributed by atoms with van der Waals surface area (Å²) in [6, 6.07) is 10.3. The van der Waals surface area contributed by atoms with E-state index in [0.717, 1.165) is 22.3 Å². The number of hydrogen-bond donors (Lipinski definition) is 1. The van der Waals surface area contributed by atoms with E-state index in [1.807, 2.05) is 18.3 Å². The number of rotatable bonds is 2. The molecule has 1 aromatic carbocycles. The molecule has 6 nitrogen and oxygen atoms in total. The summed E-state index contributed by atoms with van der Waals surface area (Å²) in [5.41, 5.74) is 3.85. The van der Waals surface area contributed by atoms with Crippen molar-refractivity contribution >= 4 is 17.3 Å². The van der Waals surface area contributed by atoms with Gasteiger partial charge in [0.2, 0.25) is 0 Å². The molecule has 0 atom stereocenters. The van der Waals surface area contributed by atoms with Gasteiger partial charge in [-0.15, -0.1) is 0 Å². The molecule has 3 heterocycles. The lowest BCUT2D eigenvalue weighted by molar-refractivity contribution is 0.142. The number of nitrogens with zero attached hydrogens (tertiary/aromatic N) is 4. The highest BCUT2D eigenvalue weighted by Crippen LogP contribution is 2.26. The fourth-order valence-corrected chi connectivity index (χ4v) is 3.17.